The van der Waals surface area contributed by atoms with Gasteiger partial charge in [-0.2, -0.15) is 0 Å². The van der Waals surface area contributed by atoms with Crippen molar-refractivity contribution in [1.29, 1.82) is 0 Å². The number of rotatable bonds is 4. The van der Waals surface area contributed by atoms with Gasteiger partial charge in [-0.15, -0.1) is 0 Å². The second-order valence-corrected chi connectivity index (χ2v) is 5.74. The molecule has 1 heterocycles. The number of nitrogens with zero attached hydrogens (tertiary/aromatic N) is 1. The average molecular weight is 357 g/mol. The van der Waals surface area contributed by atoms with Crippen molar-refractivity contribution in [2.24, 2.45) is 0 Å². The highest BCUT2D eigenvalue weighted by atomic mass is 35.5. The molecule has 0 unspecified atom stereocenters. The van der Waals surface area contributed by atoms with Gasteiger partial charge in [0.25, 0.3) is 11.5 Å². The molecule has 0 bridgehead atoms. The summed E-state index contributed by atoms with van der Waals surface area (Å²) >= 11 is 5.81. The van der Waals surface area contributed by atoms with Crippen LogP contribution in [0.3, 0.4) is 0 Å². The van der Waals surface area contributed by atoms with Gasteiger partial charge in [0, 0.05) is 24.5 Å². The molecule has 0 aliphatic carbocycles. The first-order valence-electron chi connectivity index (χ1n) is 7.55. The lowest BCUT2D eigenvalue weighted by atomic mass is 10.1. The number of hydrogen-bond donors (Lipinski definition) is 1. The van der Waals surface area contributed by atoms with E-state index in [-0.39, 0.29) is 22.7 Å². The van der Waals surface area contributed by atoms with Gasteiger partial charge in [0.05, 0.1) is 10.6 Å². The molecular weight excluding hydrogens is 343 g/mol. The van der Waals surface area contributed by atoms with Gasteiger partial charge >= 0.3 is 0 Å². The van der Waals surface area contributed by atoms with Gasteiger partial charge < -0.3 is 5.32 Å². The minimum Gasteiger partial charge on any atom is -0.348 e. The van der Waals surface area contributed by atoms with Crippen molar-refractivity contribution in [3.8, 4) is 5.69 Å². The van der Waals surface area contributed by atoms with Crippen LogP contribution in [-0.2, 0) is 6.54 Å². The molecule has 25 heavy (non-hydrogen) atoms. The Morgan fingerprint density at radius 3 is 2.52 bits per heavy atom. The molecule has 0 spiro atoms. The number of aromatic nitrogens is 1. The van der Waals surface area contributed by atoms with Gasteiger partial charge in [0.1, 0.15) is 5.82 Å². The number of carbonyl (C=O) groups is 1. The average Bonchev–Trinajstić information content (AvgIpc) is 2.63. The summed E-state index contributed by atoms with van der Waals surface area (Å²) in [5.41, 5.74) is 1.54. The Labute approximate surface area is 148 Å². The van der Waals surface area contributed by atoms with E-state index in [1.165, 1.54) is 28.8 Å². The van der Waals surface area contributed by atoms with Crippen LogP contribution in [0.1, 0.15) is 15.9 Å². The van der Waals surface area contributed by atoms with E-state index in [0.717, 1.165) is 11.3 Å². The van der Waals surface area contributed by atoms with E-state index in [9.17, 15) is 14.0 Å². The van der Waals surface area contributed by atoms with Crippen molar-refractivity contribution in [2.75, 3.05) is 0 Å². The maximum absolute atomic E-state index is 13.4. The van der Waals surface area contributed by atoms with Gasteiger partial charge in [0.2, 0.25) is 0 Å². The summed E-state index contributed by atoms with van der Waals surface area (Å²) in [4.78, 5) is 23.9. The monoisotopic (exact) mass is 356 g/mol. The van der Waals surface area contributed by atoms with E-state index in [4.69, 9.17) is 11.6 Å². The Bertz CT molecular complexity index is 968. The van der Waals surface area contributed by atoms with Gasteiger partial charge in [-0.25, -0.2) is 4.39 Å². The Kier molecular flexibility index (Phi) is 4.95. The van der Waals surface area contributed by atoms with Crippen molar-refractivity contribution in [1.82, 2.24) is 9.88 Å². The van der Waals surface area contributed by atoms with Crippen LogP contribution < -0.4 is 10.9 Å². The Morgan fingerprint density at radius 2 is 1.80 bits per heavy atom. The highest BCUT2D eigenvalue weighted by molar-refractivity contribution is 6.34. The second kappa shape index (κ2) is 7.32. The van der Waals surface area contributed by atoms with Crippen LogP contribution in [0.25, 0.3) is 5.69 Å². The number of amides is 1. The fourth-order valence-electron chi connectivity index (χ4n) is 2.37. The number of hydrogen-bond acceptors (Lipinski definition) is 2. The molecule has 0 saturated heterocycles. The van der Waals surface area contributed by atoms with Crippen molar-refractivity contribution >= 4 is 17.5 Å². The number of benzene rings is 2. The molecule has 0 saturated carbocycles. The quantitative estimate of drug-likeness (QED) is 0.777. The summed E-state index contributed by atoms with van der Waals surface area (Å²) in [6, 6.07) is 16.2. The summed E-state index contributed by atoms with van der Waals surface area (Å²) < 4.78 is 14.9. The molecule has 126 valence electrons. The zero-order valence-corrected chi connectivity index (χ0v) is 13.8. The molecule has 0 aliphatic heterocycles. The molecular formula is C19H14ClFN2O2. The maximum Gasteiger partial charge on any atom is 0.255 e. The van der Waals surface area contributed by atoms with Crippen LogP contribution in [0.2, 0.25) is 5.02 Å². The molecule has 0 aliphatic rings. The number of halogens is 2. The standard InChI is InChI=1S/C19H14ClFN2O2/c20-18-15(4-3-5-16(18)21)19(25)22-12-13-7-9-14(10-8-13)23-11-2-1-6-17(23)24/h1-11H,12H2,(H,22,25). The fraction of sp³-hybridized carbons (Fsp3) is 0.0526. The maximum atomic E-state index is 13.4. The van der Waals surface area contributed by atoms with E-state index in [2.05, 4.69) is 5.32 Å². The lowest BCUT2D eigenvalue weighted by Crippen LogP contribution is -2.23. The Morgan fingerprint density at radius 1 is 1.04 bits per heavy atom. The predicted molar refractivity (Wildman–Crippen MR) is 94.6 cm³/mol. The molecule has 1 aromatic heterocycles. The van der Waals surface area contributed by atoms with Crippen LogP contribution in [-0.4, -0.2) is 10.5 Å². The van der Waals surface area contributed by atoms with Crippen LogP contribution in [0.15, 0.2) is 71.7 Å². The third-order valence-corrected chi connectivity index (χ3v) is 4.07. The van der Waals surface area contributed by atoms with Gasteiger partial charge in [0.15, 0.2) is 0 Å². The van der Waals surface area contributed by atoms with Crippen LogP contribution in [0, 0.1) is 5.82 Å². The topological polar surface area (TPSA) is 51.1 Å². The third-order valence-electron chi connectivity index (χ3n) is 3.69. The molecule has 1 N–H and O–H groups in total. The van der Waals surface area contributed by atoms with Crippen LogP contribution in [0.4, 0.5) is 4.39 Å². The SMILES string of the molecule is O=C(NCc1ccc(-n2ccccc2=O)cc1)c1cccc(F)c1Cl. The first-order valence-corrected chi connectivity index (χ1v) is 7.93. The van der Waals surface area contributed by atoms with E-state index in [0.29, 0.717) is 0 Å². The van der Waals surface area contributed by atoms with Gasteiger partial charge in [-0.3, -0.25) is 14.2 Å². The highest BCUT2D eigenvalue weighted by Crippen LogP contribution is 2.19. The van der Waals surface area contributed by atoms with E-state index >= 15 is 0 Å². The number of carbonyl (C=O) groups excluding carboxylic acids is 1. The van der Waals surface area contributed by atoms with E-state index in [1.807, 2.05) is 12.1 Å². The summed E-state index contributed by atoms with van der Waals surface area (Å²) in [6.45, 7) is 0.260. The van der Waals surface area contributed by atoms with Crippen molar-refractivity contribution in [3.63, 3.8) is 0 Å². The summed E-state index contributed by atoms with van der Waals surface area (Å²) in [5.74, 6) is -1.08. The highest BCUT2D eigenvalue weighted by Gasteiger charge is 2.13. The fourth-order valence-corrected chi connectivity index (χ4v) is 2.58. The molecule has 0 fully saturated rings. The van der Waals surface area contributed by atoms with E-state index in [1.54, 1.807) is 30.5 Å². The summed E-state index contributed by atoms with van der Waals surface area (Å²) in [5, 5.41) is 2.50. The van der Waals surface area contributed by atoms with Crippen molar-refractivity contribution in [2.45, 2.75) is 6.54 Å². The van der Waals surface area contributed by atoms with Crippen molar-refractivity contribution in [3.05, 3.63) is 99.2 Å². The molecule has 3 aromatic rings. The molecule has 2 aromatic carbocycles. The summed E-state index contributed by atoms with van der Waals surface area (Å²) in [6.07, 6.45) is 1.69. The predicted octanol–water partition coefficient (Wildman–Crippen LogP) is 3.56. The van der Waals surface area contributed by atoms with Crippen LogP contribution >= 0.6 is 11.6 Å². The zero-order valence-electron chi connectivity index (χ0n) is 13.1. The zero-order chi connectivity index (χ0) is 17.8. The Balaban J connectivity index is 1.70. The number of nitrogens with one attached hydrogen (secondary N) is 1. The van der Waals surface area contributed by atoms with Gasteiger partial charge in [-0.05, 0) is 35.9 Å². The minimum atomic E-state index is -0.632. The lowest BCUT2D eigenvalue weighted by Gasteiger charge is -2.09. The molecule has 1 amide bonds. The van der Waals surface area contributed by atoms with Gasteiger partial charge in [-0.1, -0.05) is 35.9 Å². The second-order valence-electron chi connectivity index (χ2n) is 5.36. The lowest BCUT2D eigenvalue weighted by molar-refractivity contribution is 0.0950. The van der Waals surface area contributed by atoms with Crippen molar-refractivity contribution < 1.29 is 9.18 Å². The largest absolute Gasteiger partial charge is 0.348 e. The number of pyridine rings is 1. The smallest absolute Gasteiger partial charge is 0.255 e. The molecule has 0 radical (unpaired) electrons. The first-order chi connectivity index (χ1) is 12.1. The van der Waals surface area contributed by atoms with Crippen LogP contribution in [0.5, 0.6) is 0 Å². The molecule has 6 heteroatoms. The minimum absolute atomic E-state index is 0.0918. The molecule has 3 rings (SSSR count). The third kappa shape index (κ3) is 3.78. The normalized spacial score (nSPS) is 10.5. The first kappa shape index (κ1) is 16.9. The molecule has 4 nitrogen and oxygen atoms in total. The van der Waals surface area contributed by atoms with E-state index < -0.39 is 11.7 Å². The molecule has 0 atom stereocenters. The summed E-state index contributed by atoms with van der Waals surface area (Å²) in [7, 11) is 0. The Hall–Kier alpha value is -2.92.